The Kier molecular flexibility index (Phi) is 3.30. The van der Waals surface area contributed by atoms with Crippen LogP contribution < -0.4 is 0 Å². The SMILES string of the molecule is CC(C)[SiH2]N(C)C. The Hall–Kier alpha value is 0.177. The first-order valence-corrected chi connectivity index (χ1v) is 4.22. The molecule has 0 aromatic heterocycles. The first-order valence-electron chi connectivity index (χ1n) is 2.77. The van der Waals surface area contributed by atoms with E-state index in [-0.39, 0.29) is 9.68 Å². The summed E-state index contributed by atoms with van der Waals surface area (Å²) in [5.41, 5.74) is 0.940. The average Bonchev–Trinajstić information content (AvgIpc) is 1.27. The van der Waals surface area contributed by atoms with Gasteiger partial charge in [-0.15, -0.1) is 0 Å². The molecule has 0 amide bonds. The molecule has 0 aliphatic rings. The van der Waals surface area contributed by atoms with Crippen LogP contribution in [0.4, 0.5) is 0 Å². The Morgan fingerprint density at radius 3 is 1.71 bits per heavy atom. The Morgan fingerprint density at radius 2 is 1.71 bits per heavy atom. The summed E-state index contributed by atoms with van der Waals surface area (Å²) in [7, 11) is 4.43. The van der Waals surface area contributed by atoms with Crippen molar-refractivity contribution in [3.8, 4) is 0 Å². The fourth-order valence-electron chi connectivity index (χ4n) is 0.730. The Morgan fingerprint density at radius 1 is 1.29 bits per heavy atom. The zero-order valence-electron chi connectivity index (χ0n) is 5.73. The van der Waals surface area contributed by atoms with Gasteiger partial charge in [0.25, 0.3) is 0 Å². The van der Waals surface area contributed by atoms with Gasteiger partial charge in [0.1, 0.15) is 0 Å². The van der Waals surface area contributed by atoms with Crippen LogP contribution in [0.1, 0.15) is 13.8 Å². The summed E-state index contributed by atoms with van der Waals surface area (Å²) < 4.78 is 2.34. The summed E-state index contributed by atoms with van der Waals surface area (Å²) in [5, 5.41) is 0. The van der Waals surface area contributed by atoms with E-state index in [9.17, 15) is 0 Å². The van der Waals surface area contributed by atoms with Crippen molar-refractivity contribution in [3.05, 3.63) is 0 Å². The van der Waals surface area contributed by atoms with E-state index in [1.165, 1.54) is 0 Å². The molecule has 0 radical (unpaired) electrons. The molecule has 0 rings (SSSR count). The molecular formula is C5H15NSi. The lowest BCUT2D eigenvalue weighted by atomic mass is 10.6. The van der Waals surface area contributed by atoms with Crippen molar-refractivity contribution < 1.29 is 0 Å². The van der Waals surface area contributed by atoms with Crippen LogP contribution in [0.3, 0.4) is 0 Å². The third-order valence-electron chi connectivity index (χ3n) is 0.730. The molecule has 0 unspecified atom stereocenters. The maximum Gasteiger partial charge on any atom is 0.0968 e. The second-order valence-electron chi connectivity index (χ2n) is 2.66. The molecule has 0 bridgehead atoms. The minimum atomic E-state index is 0.114. The molecular weight excluding hydrogens is 102 g/mol. The molecule has 0 fully saturated rings. The van der Waals surface area contributed by atoms with Gasteiger partial charge in [0.05, 0.1) is 9.68 Å². The lowest BCUT2D eigenvalue weighted by Crippen LogP contribution is -2.19. The normalized spacial score (nSPS) is 12.9. The minimum absolute atomic E-state index is 0.114. The van der Waals surface area contributed by atoms with Gasteiger partial charge in [-0.1, -0.05) is 13.8 Å². The van der Waals surface area contributed by atoms with Gasteiger partial charge in [-0.2, -0.15) is 0 Å². The molecule has 0 heterocycles. The van der Waals surface area contributed by atoms with E-state index in [0.29, 0.717) is 0 Å². The lowest BCUT2D eigenvalue weighted by molar-refractivity contribution is 0.646. The van der Waals surface area contributed by atoms with Crippen molar-refractivity contribution in [2.24, 2.45) is 0 Å². The second-order valence-corrected chi connectivity index (χ2v) is 5.92. The van der Waals surface area contributed by atoms with Gasteiger partial charge in [0.2, 0.25) is 0 Å². The van der Waals surface area contributed by atoms with E-state index >= 15 is 0 Å². The zero-order chi connectivity index (χ0) is 5.86. The number of nitrogens with zero attached hydrogens (tertiary/aromatic N) is 1. The molecule has 0 aliphatic carbocycles. The monoisotopic (exact) mass is 117 g/mol. The summed E-state index contributed by atoms with van der Waals surface area (Å²) in [6.07, 6.45) is 0. The molecule has 2 heteroatoms. The van der Waals surface area contributed by atoms with Crippen molar-refractivity contribution in [2.45, 2.75) is 19.4 Å². The van der Waals surface area contributed by atoms with Crippen LogP contribution in [0.15, 0.2) is 0 Å². The molecule has 0 aliphatic heterocycles. The zero-order valence-corrected chi connectivity index (χ0v) is 7.15. The van der Waals surface area contributed by atoms with Crippen LogP contribution in [0.2, 0.25) is 5.54 Å². The lowest BCUT2D eigenvalue weighted by Gasteiger charge is -2.09. The molecule has 7 heavy (non-hydrogen) atoms. The summed E-state index contributed by atoms with van der Waals surface area (Å²) in [4.78, 5) is 0. The van der Waals surface area contributed by atoms with Crippen molar-refractivity contribution in [1.29, 1.82) is 0 Å². The Bertz CT molecular complexity index is 37.3. The van der Waals surface area contributed by atoms with Crippen LogP contribution in [-0.4, -0.2) is 28.3 Å². The van der Waals surface area contributed by atoms with Gasteiger partial charge < -0.3 is 4.57 Å². The highest BCUT2D eigenvalue weighted by molar-refractivity contribution is 6.33. The van der Waals surface area contributed by atoms with Gasteiger partial charge in [0.15, 0.2) is 0 Å². The molecule has 0 N–H and O–H groups in total. The Balaban J connectivity index is 2.95. The van der Waals surface area contributed by atoms with Crippen LogP contribution in [0.25, 0.3) is 0 Å². The highest BCUT2D eigenvalue weighted by Gasteiger charge is 1.93. The highest BCUT2D eigenvalue weighted by Crippen LogP contribution is 1.95. The fraction of sp³-hybridized carbons (Fsp3) is 1.00. The summed E-state index contributed by atoms with van der Waals surface area (Å²) in [6, 6.07) is 0. The van der Waals surface area contributed by atoms with Crippen molar-refractivity contribution in [2.75, 3.05) is 14.1 Å². The summed E-state index contributed by atoms with van der Waals surface area (Å²) >= 11 is 0. The van der Waals surface area contributed by atoms with Gasteiger partial charge in [-0.3, -0.25) is 0 Å². The van der Waals surface area contributed by atoms with Crippen LogP contribution in [0.5, 0.6) is 0 Å². The largest absolute Gasteiger partial charge is 0.334 e. The van der Waals surface area contributed by atoms with E-state index in [2.05, 4.69) is 32.5 Å². The smallest absolute Gasteiger partial charge is 0.0968 e. The summed E-state index contributed by atoms with van der Waals surface area (Å²) in [6.45, 7) is 4.57. The Labute approximate surface area is 48.6 Å². The van der Waals surface area contributed by atoms with Gasteiger partial charge in [-0.25, -0.2) is 0 Å². The van der Waals surface area contributed by atoms with Crippen molar-refractivity contribution in [1.82, 2.24) is 4.57 Å². The third-order valence-corrected chi connectivity index (χ3v) is 2.19. The van der Waals surface area contributed by atoms with Crippen LogP contribution in [-0.2, 0) is 0 Å². The summed E-state index contributed by atoms with van der Waals surface area (Å²) in [5.74, 6) is 0. The molecule has 1 nitrogen and oxygen atoms in total. The van der Waals surface area contributed by atoms with E-state index in [0.717, 1.165) is 5.54 Å². The molecule has 0 spiro atoms. The standard InChI is InChI=1S/C5H15NSi/c1-5(2)7-6(3)4/h5H,7H2,1-4H3. The topological polar surface area (TPSA) is 3.24 Å². The molecule has 44 valence electrons. The average molecular weight is 117 g/mol. The predicted octanol–water partition coefficient (Wildman–Crippen LogP) is 0.460. The first kappa shape index (κ1) is 7.18. The molecule has 0 aromatic carbocycles. The van der Waals surface area contributed by atoms with Gasteiger partial charge in [-0.05, 0) is 19.6 Å². The number of hydrogen-bond donors (Lipinski definition) is 0. The quantitative estimate of drug-likeness (QED) is 0.475. The maximum absolute atomic E-state index is 2.34. The minimum Gasteiger partial charge on any atom is -0.334 e. The predicted molar refractivity (Wildman–Crippen MR) is 37.3 cm³/mol. The highest BCUT2D eigenvalue weighted by atomic mass is 28.2. The third kappa shape index (κ3) is 6.18. The van der Waals surface area contributed by atoms with E-state index in [4.69, 9.17) is 0 Å². The maximum atomic E-state index is 2.34. The molecule has 0 aromatic rings. The number of hydrogen-bond acceptors (Lipinski definition) is 1. The first-order chi connectivity index (χ1) is 3.13. The van der Waals surface area contributed by atoms with Crippen LogP contribution in [0, 0.1) is 0 Å². The van der Waals surface area contributed by atoms with Crippen molar-refractivity contribution in [3.63, 3.8) is 0 Å². The van der Waals surface area contributed by atoms with E-state index < -0.39 is 0 Å². The number of rotatable bonds is 2. The van der Waals surface area contributed by atoms with E-state index in [1.54, 1.807) is 0 Å². The van der Waals surface area contributed by atoms with Crippen molar-refractivity contribution >= 4 is 9.68 Å². The molecule has 0 saturated heterocycles. The molecule has 0 atom stereocenters. The molecule has 0 saturated carbocycles. The second kappa shape index (κ2) is 3.21. The van der Waals surface area contributed by atoms with Gasteiger partial charge in [0, 0.05) is 0 Å². The van der Waals surface area contributed by atoms with Crippen LogP contribution >= 0.6 is 0 Å². The fourth-order valence-corrected chi connectivity index (χ4v) is 2.19. The van der Waals surface area contributed by atoms with Gasteiger partial charge >= 0.3 is 0 Å². The van der Waals surface area contributed by atoms with E-state index in [1.807, 2.05) is 0 Å².